The highest BCUT2D eigenvalue weighted by molar-refractivity contribution is 7.93. The van der Waals surface area contributed by atoms with Gasteiger partial charge in [-0.15, -0.1) is 11.3 Å². The standard InChI is InChI=1S/C21H22Cl2N2O4S2/c1-5-29-17(26)11-20(3,4)16-12-30-19(25-16)21(7-6-8-24-21)31(27,28)18-13(2)9-14(22)10-15(18)23/h6-10,12H,5,11H2,1-4H3. The van der Waals surface area contributed by atoms with Crippen molar-refractivity contribution in [2.45, 2.75) is 49.3 Å². The number of aryl methyl sites for hydroxylation is 1. The molecule has 10 heteroatoms. The van der Waals surface area contributed by atoms with Crippen molar-refractivity contribution >= 4 is 56.6 Å². The number of sulfone groups is 1. The van der Waals surface area contributed by atoms with E-state index in [1.54, 1.807) is 31.4 Å². The number of carbonyl (C=O) groups is 1. The Balaban J connectivity index is 2.10. The number of nitrogens with zero attached hydrogens (tertiary/aromatic N) is 2. The van der Waals surface area contributed by atoms with Gasteiger partial charge in [-0.2, -0.15) is 0 Å². The van der Waals surface area contributed by atoms with E-state index >= 15 is 0 Å². The fraction of sp³-hybridized carbons (Fsp3) is 0.381. The minimum absolute atomic E-state index is 0.0271. The SMILES string of the molecule is CCOC(=O)CC(C)(C)c1csc(C2(S(=O)(=O)c3c(C)cc(Cl)cc3Cl)C=CC=N2)n1. The summed E-state index contributed by atoms with van der Waals surface area (Å²) in [7, 11) is -4.11. The molecule has 31 heavy (non-hydrogen) atoms. The fourth-order valence-corrected chi connectivity index (χ4v) is 7.62. The molecule has 2 heterocycles. The molecule has 6 nitrogen and oxygen atoms in total. The van der Waals surface area contributed by atoms with E-state index in [2.05, 4.69) is 9.98 Å². The molecule has 0 saturated carbocycles. The van der Waals surface area contributed by atoms with Crippen LogP contribution in [0.3, 0.4) is 0 Å². The first kappa shape index (κ1) is 23.9. The zero-order valence-electron chi connectivity index (χ0n) is 17.5. The summed E-state index contributed by atoms with van der Waals surface area (Å²) in [6, 6.07) is 2.95. The van der Waals surface area contributed by atoms with Crippen molar-refractivity contribution in [3.05, 3.63) is 56.0 Å². The van der Waals surface area contributed by atoms with Crippen molar-refractivity contribution in [2.24, 2.45) is 4.99 Å². The van der Waals surface area contributed by atoms with E-state index in [0.29, 0.717) is 22.9 Å². The first-order chi connectivity index (χ1) is 14.4. The number of hydrogen-bond donors (Lipinski definition) is 0. The Bertz CT molecular complexity index is 1150. The second-order valence-electron chi connectivity index (χ2n) is 7.77. The third-order valence-electron chi connectivity index (χ3n) is 4.94. The summed E-state index contributed by atoms with van der Waals surface area (Å²) in [4.78, 5) is 19.2. The van der Waals surface area contributed by atoms with Gasteiger partial charge in [0.05, 0.1) is 28.6 Å². The molecule has 1 aliphatic rings. The quantitative estimate of drug-likeness (QED) is 0.484. The van der Waals surface area contributed by atoms with Crippen molar-refractivity contribution in [3.8, 4) is 0 Å². The Labute approximate surface area is 195 Å². The Kier molecular flexibility index (Phi) is 6.68. The molecular weight excluding hydrogens is 479 g/mol. The minimum atomic E-state index is -4.11. The van der Waals surface area contributed by atoms with Crippen LogP contribution >= 0.6 is 34.5 Å². The number of aliphatic imine (C=N–C) groups is 1. The average Bonchev–Trinajstić information content (AvgIpc) is 3.31. The van der Waals surface area contributed by atoms with Crippen molar-refractivity contribution in [1.29, 1.82) is 0 Å². The van der Waals surface area contributed by atoms with Gasteiger partial charge in [0.15, 0.2) is 0 Å². The Morgan fingerprint density at radius 1 is 1.29 bits per heavy atom. The van der Waals surface area contributed by atoms with Gasteiger partial charge >= 0.3 is 5.97 Å². The molecule has 0 N–H and O–H groups in total. The number of esters is 1. The number of benzene rings is 1. The molecule has 1 atom stereocenters. The molecule has 2 aromatic rings. The molecule has 3 rings (SSSR count). The predicted molar refractivity (Wildman–Crippen MR) is 124 cm³/mol. The van der Waals surface area contributed by atoms with Crippen molar-refractivity contribution in [1.82, 2.24) is 4.98 Å². The van der Waals surface area contributed by atoms with Gasteiger partial charge in [-0.05, 0) is 43.7 Å². The third-order valence-corrected chi connectivity index (χ3v) is 9.00. The summed E-state index contributed by atoms with van der Waals surface area (Å²) >= 11 is 13.5. The van der Waals surface area contributed by atoms with Crippen LogP contribution in [0.15, 0.2) is 39.6 Å². The first-order valence-corrected chi connectivity index (χ1v) is 12.6. The minimum Gasteiger partial charge on any atom is -0.466 e. The molecule has 0 radical (unpaired) electrons. The van der Waals surface area contributed by atoms with Crippen LogP contribution in [0.2, 0.25) is 10.0 Å². The van der Waals surface area contributed by atoms with Crippen LogP contribution in [0.5, 0.6) is 0 Å². The highest BCUT2D eigenvalue weighted by Crippen LogP contribution is 2.45. The molecule has 166 valence electrons. The molecule has 1 aliphatic heterocycles. The highest BCUT2D eigenvalue weighted by atomic mass is 35.5. The topological polar surface area (TPSA) is 85.7 Å². The number of halogens is 2. The smallest absolute Gasteiger partial charge is 0.306 e. The van der Waals surface area contributed by atoms with Crippen LogP contribution in [-0.2, 0) is 29.7 Å². The summed E-state index contributed by atoms with van der Waals surface area (Å²) in [5, 5.41) is 2.40. The largest absolute Gasteiger partial charge is 0.466 e. The van der Waals surface area contributed by atoms with Gasteiger partial charge < -0.3 is 4.74 Å². The van der Waals surface area contributed by atoms with E-state index < -0.39 is 20.1 Å². The molecule has 0 saturated heterocycles. The van der Waals surface area contributed by atoms with Gasteiger partial charge in [0.25, 0.3) is 0 Å². The van der Waals surface area contributed by atoms with Crippen molar-refractivity contribution in [3.63, 3.8) is 0 Å². The lowest BCUT2D eigenvalue weighted by atomic mass is 9.86. The van der Waals surface area contributed by atoms with E-state index in [4.69, 9.17) is 27.9 Å². The molecule has 1 aromatic carbocycles. The molecular formula is C21H22Cl2N2O4S2. The Morgan fingerprint density at radius 3 is 2.58 bits per heavy atom. The van der Waals surface area contributed by atoms with Crippen LogP contribution < -0.4 is 0 Å². The van der Waals surface area contributed by atoms with Crippen molar-refractivity contribution < 1.29 is 17.9 Å². The normalized spacial score (nSPS) is 18.5. The monoisotopic (exact) mass is 500 g/mol. The van der Waals surface area contributed by atoms with Crippen LogP contribution in [0.4, 0.5) is 0 Å². The lowest BCUT2D eigenvalue weighted by Gasteiger charge is -2.25. The molecule has 0 fully saturated rings. The predicted octanol–water partition coefficient (Wildman–Crippen LogP) is 5.26. The summed E-state index contributed by atoms with van der Waals surface area (Å²) in [6.07, 6.45) is 4.61. The second kappa shape index (κ2) is 8.65. The number of aromatic nitrogens is 1. The van der Waals surface area contributed by atoms with Crippen LogP contribution in [0, 0.1) is 6.92 Å². The second-order valence-corrected chi connectivity index (χ2v) is 11.5. The number of allylic oxidation sites excluding steroid dienone is 1. The summed E-state index contributed by atoms with van der Waals surface area (Å²) in [5.41, 5.74) is 0.364. The Hall–Kier alpha value is -1.74. The summed E-state index contributed by atoms with van der Waals surface area (Å²) in [5.74, 6) is -0.341. The number of ether oxygens (including phenoxy) is 1. The molecule has 0 aliphatic carbocycles. The lowest BCUT2D eigenvalue weighted by molar-refractivity contribution is -0.144. The van der Waals surface area contributed by atoms with Gasteiger partial charge in [0, 0.05) is 22.0 Å². The van der Waals surface area contributed by atoms with Crippen LogP contribution in [-0.4, -0.2) is 32.2 Å². The summed E-state index contributed by atoms with van der Waals surface area (Å²) < 4.78 is 32.7. The van der Waals surface area contributed by atoms with Crippen molar-refractivity contribution in [2.75, 3.05) is 6.61 Å². The number of thiazole rings is 1. The zero-order valence-corrected chi connectivity index (χ0v) is 20.6. The van der Waals surface area contributed by atoms with E-state index in [-0.39, 0.29) is 27.3 Å². The van der Waals surface area contributed by atoms with Crippen LogP contribution in [0.1, 0.15) is 43.5 Å². The number of hydrogen-bond acceptors (Lipinski definition) is 7. The first-order valence-electron chi connectivity index (χ1n) is 9.50. The van der Waals surface area contributed by atoms with E-state index in [9.17, 15) is 13.2 Å². The third kappa shape index (κ3) is 4.31. The number of carbonyl (C=O) groups excluding carboxylic acids is 1. The van der Waals surface area contributed by atoms with E-state index in [1.165, 1.54) is 29.7 Å². The zero-order chi connectivity index (χ0) is 23.0. The van der Waals surface area contributed by atoms with E-state index in [1.807, 2.05) is 13.8 Å². The number of rotatable bonds is 7. The lowest BCUT2D eigenvalue weighted by Crippen LogP contribution is -2.32. The van der Waals surface area contributed by atoms with E-state index in [0.717, 1.165) is 0 Å². The molecule has 0 spiro atoms. The van der Waals surface area contributed by atoms with Gasteiger partial charge in [-0.25, -0.2) is 13.4 Å². The molecule has 0 amide bonds. The molecule has 1 aromatic heterocycles. The summed E-state index contributed by atoms with van der Waals surface area (Å²) in [6.45, 7) is 7.39. The van der Waals surface area contributed by atoms with Gasteiger partial charge in [0.2, 0.25) is 14.7 Å². The average molecular weight is 501 g/mol. The maximum Gasteiger partial charge on any atom is 0.306 e. The molecule has 0 bridgehead atoms. The fourth-order valence-electron chi connectivity index (χ4n) is 3.37. The maximum absolute atomic E-state index is 13.8. The van der Waals surface area contributed by atoms with Crippen LogP contribution in [0.25, 0.3) is 0 Å². The van der Waals surface area contributed by atoms with Gasteiger partial charge in [-0.3, -0.25) is 9.79 Å². The van der Waals surface area contributed by atoms with Gasteiger partial charge in [-0.1, -0.05) is 37.0 Å². The van der Waals surface area contributed by atoms with Gasteiger partial charge in [0.1, 0.15) is 5.01 Å². The maximum atomic E-state index is 13.8. The molecule has 1 unspecified atom stereocenters. The Morgan fingerprint density at radius 2 is 2.00 bits per heavy atom. The highest BCUT2D eigenvalue weighted by Gasteiger charge is 2.49.